The Kier molecular flexibility index (Phi) is 6.21. The Balaban J connectivity index is 1.89. The molecule has 1 unspecified atom stereocenters. The number of nitrogens with one attached hydrogen (secondary N) is 1. The Morgan fingerprint density at radius 1 is 1.19 bits per heavy atom. The molecule has 4 heteroatoms. The second kappa shape index (κ2) is 8.15. The highest BCUT2D eigenvalue weighted by molar-refractivity contribution is 9.10. The van der Waals surface area contributed by atoms with Gasteiger partial charge in [-0.3, -0.25) is 4.98 Å². The normalized spacial score (nSPS) is 12.1. The second-order valence-corrected chi connectivity index (χ2v) is 6.00. The lowest BCUT2D eigenvalue weighted by atomic mass is 10.00. The zero-order valence-corrected chi connectivity index (χ0v) is 14.1. The van der Waals surface area contributed by atoms with Gasteiger partial charge in [-0.1, -0.05) is 12.1 Å². The fourth-order valence-corrected chi connectivity index (χ4v) is 2.75. The first kappa shape index (κ1) is 16.0. The molecule has 0 aliphatic heterocycles. The van der Waals surface area contributed by atoms with E-state index in [-0.39, 0.29) is 0 Å². The summed E-state index contributed by atoms with van der Waals surface area (Å²) in [7, 11) is 3.71. The molecular weight excluding hydrogens is 328 g/mol. The average molecular weight is 349 g/mol. The number of aromatic nitrogens is 1. The maximum Gasteiger partial charge on any atom is 0.118 e. The van der Waals surface area contributed by atoms with Crippen molar-refractivity contribution >= 4 is 15.9 Å². The summed E-state index contributed by atoms with van der Waals surface area (Å²) in [6.07, 6.45) is 6.88. The summed E-state index contributed by atoms with van der Waals surface area (Å²) >= 11 is 3.47. The largest absolute Gasteiger partial charge is 0.497 e. The van der Waals surface area contributed by atoms with Gasteiger partial charge in [-0.15, -0.1) is 0 Å². The summed E-state index contributed by atoms with van der Waals surface area (Å²) in [5.41, 5.74) is 2.59. The molecule has 21 heavy (non-hydrogen) atoms. The summed E-state index contributed by atoms with van der Waals surface area (Å²) in [5, 5.41) is 3.40. The van der Waals surface area contributed by atoms with E-state index >= 15 is 0 Å². The number of benzene rings is 1. The summed E-state index contributed by atoms with van der Waals surface area (Å²) < 4.78 is 6.21. The van der Waals surface area contributed by atoms with Gasteiger partial charge in [0, 0.05) is 22.9 Å². The van der Waals surface area contributed by atoms with Gasteiger partial charge in [-0.25, -0.2) is 0 Å². The molecule has 0 spiro atoms. The van der Waals surface area contributed by atoms with E-state index in [4.69, 9.17) is 4.74 Å². The lowest BCUT2D eigenvalue weighted by molar-refractivity contribution is 0.414. The molecule has 1 N–H and O–H groups in total. The highest BCUT2D eigenvalue weighted by Gasteiger charge is 2.08. The van der Waals surface area contributed by atoms with Crippen molar-refractivity contribution in [3.05, 3.63) is 58.3 Å². The van der Waals surface area contributed by atoms with Gasteiger partial charge in [0.25, 0.3) is 0 Å². The maximum absolute atomic E-state index is 5.18. The van der Waals surface area contributed by atoms with E-state index in [2.05, 4.69) is 44.4 Å². The first-order valence-electron chi connectivity index (χ1n) is 7.11. The highest BCUT2D eigenvalue weighted by Crippen LogP contribution is 2.15. The van der Waals surface area contributed by atoms with Crippen LogP contribution in [0.1, 0.15) is 17.5 Å². The summed E-state index contributed by atoms with van der Waals surface area (Å²) in [6.45, 7) is 0. The van der Waals surface area contributed by atoms with Gasteiger partial charge < -0.3 is 10.1 Å². The minimum atomic E-state index is 0.447. The van der Waals surface area contributed by atoms with E-state index in [1.54, 1.807) is 7.11 Å². The zero-order valence-electron chi connectivity index (χ0n) is 12.5. The molecule has 0 radical (unpaired) electrons. The van der Waals surface area contributed by atoms with Crippen LogP contribution in [0.5, 0.6) is 5.75 Å². The third kappa shape index (κ3) is 5.14. The van der Waals surface area contributed by atoms with E-state index in [9.17, 15) is 0 Å². The lowest BCUT2D eigenvalue weighted by Crippen LogP contribution is -2.28. The van der Waals surface area contributed by atoms with E-state index in [1.807, 2.05) is 31.6 Å². The zero-order chi connectivity index (χ0) is 15.1. The Labute approximate surface area is 134 Å². The van der Waals surface area contributed by atoms with Crippen molar-refractivity contribution in [2.24, 2.45) is 0 Å². The molecule has 0 saturated heterocycles. The Morgan fingerprint density at radius 2 is 1.95 bits per heavy atom. The molecule has 1 aromatic carbocycles. The van der Waals surface area contributed by atoms with E-state index in [1.165, 1.54) is 11.1 Å². The van der Waals surface area contributed by atoms with Gasteiger partial charge in [0.1, 0.15) is 5.75 Å². The molecule has 1 atom stereocenters. The van der Waals surface area contributed by atoms with Gasteiger partial charge in [0.2, 0.25) is 0 Å². The number of hydrogen-bond acceptors (Lipinski definition) is 3. The van der Waals surface area contributed by atoms with Crippen LogP contribution in [0.15, 0.2) is 47.2 Å². The number of methoxy groups -OCH3 is 1. The molecule has 0 amide bonds. The van der Waals surface area contributed by atoms with E-state index in [0.717, 1.165) is 29.5 Å². The quantitative estimate of drug-likeness (QED) is 0.829. The molecule has 1 heterocycles. The number of ether oxygens (including phenoxy) is 1. The molecule has 2 rings (SSSR count). The lowest BCUT2D eigenvalue weighted by Gasteiger charge is -2.16. The molecule has 2 aromatic rings. The first-order chi connectivity index (χ1) is 10.2. The number of nitrogens with zero attached hydrogens (tertiary/aromatic N) is 1. The van der Waals surface area contributed by atoms with Crippen molar-refractivity contribution in [3.63, 3.8) is 0 Å². The summed E-state index contributed by atoms with van der Waals surface area (Å²) in [4.78, 5) is 4.22. The smallest absolute Gasteiger partial charge is 0.118 e. The molecule has 3 nitrogen and oxygen atoms in total. The Bertz CT molecular complexity index is 557. The van der Waals surface area contributed by atoms with Gasteiger partial charge in [-0.2, -0.15) is 0 Å². The van der Waals surface area contributed by atoms with E-state index in [0.29, 0.717) is 6.04 Å². The van der Waals surface area contributed by atoms with Crippen LogP contribution in [-0.2, 0) is 12.8 Å². The van der Waals surface area contributed by atoms with Crippen LogP contribution >= 0.6 is 15.9 Å². The molecule has 0 aliphatic carbocycles. The van der Waals surface area contributed by atoms with Crippen LogP contribution < -0.4 is 10.1 Å². The number of hydrogen-bond donors (Lipinski definition) is 1. The minimum Gasteiger partial charge on any atom is -0.497 e. The monoisotopic (exact) mass is 348 g/mol. The van der Waals surface area contributed by atoms with Crippen molar-refractivity contribution < 1.29 is 4.74 Å². The van der Waals surface area contributed by atoms with Gasteiger partial charge in [0.05, 0.1) is 7.11 Å². The Hall–Kier alpha value is -1.39. The van der Waals surface area contributed by atoms with Crippen LogP contribution in [0.3, 0.4) is 0 Å². The standard InChI is InChI=1S/C17H21BrN2O/c1-19-16(10-14-9-15(18)12-20-11-14)6-3-13-4-7-17(21-2)8-5-13/h4-5,7-9,11-12,16,19H,3,6,10H2,1-2H3. The van der Waals surface area contributed by atoms with Crippen molar-refractivity contribution in [2.75, 3.05) is 14.2 Å². The van der Waals surface area contributed by atoms with Crippen molar-refractivity contribution in [1.29, 1.82) is 0 Å². The first-order valence-corrected chi connectivity index (χ1v) is 7.90. The predicted octanol–water partition coefficient (Wildman–Crippen LogP) is 3.62. The van der Waals surface area contributed by atoms with Crippen LogP contribution in [0.25, 0.3) is 0 Å². The van der Waals surface area contributed by atoms with E-state index < -0.39 is 0 Å². The molecule has 0 bridgehead atoms. The second-order valence-electron chi connectivity index (χ2n) is 5.09. The minimum absolute atomic E-state index is 0.447. The number of rotatable bonds is 7. The molecule has 112 valence electrons. The fourth-order valence-electron chi connectivity index (χ4n) is 2.33. The molecule has 0 fully saturated rings. The van der Waals surface area contributed by atoms with Crippen LogP contribution in [-0.4, -0.2) is 25.2 Å². The van der Waals surface area contributed by atoms with Crippen molar-refractivity contribution in [3.8, 4) is 5.75 Å². The molecule has 1 aromatic heterocycles. The molecular formula is C17H21BrN2O. The molecule has 0 saturated carbocycles. The number of aryl methyl sites for hydroxylation is 1. The SMILES string of the molecule is CNC(CCc1ccc(OC)cc1)Cc1cncc(Br)c1. The van der Waals surface area contributed by atoms with Crippen LogP contribution in [0.2, 0.25) is 0 Å². The third-order valence-electron chi connectivity index (χ3n) is 3.59. The predicted molar refractivity (Wildman–Crippen MR) is 89.8 cm³/mol. The highest BCUT2D eigenvalue weighted by atomic mass is 79.9. The summed E-state index contributed by atoms with van der Waals surface area (Å²) in [6, 6.07) is 10.9. The van der Waals surface area contributed by atoms with Gasteiger partial charge in [0.15, 0.2) is 0 Å². The van der Waals surface area contributed by atoms with Crippen LogP contribution in [0, 0.1) is 0 Å². The third-order valence-corrected chi connectivity index (χ3v) is 4.03. The fraction of sp³-hybridized carbons (Fsp3) is 0.353. The van der Waals surface area contributed by atoms with Gasteiger partial charge in [-0.05, 0) is 71.6 Å². The van der Waals surface area contributed by atoms with Crippen molar-refractivity contribution in [1.82, 2.24) is 10.3 Å². The number of likely N-dealkylation sites (N-methyl/N-ethyl adjacent to an activating group) is 1. The van der Waals surface area contributed by atoms with Crippen molar-refractivity contribution in [2.45, 2.75) is 25.3 Å². The van der Waals surface area contributed by atoms with Gasteiger partial charge >= 0.3 is 0 Å². The Morgan fingerprint density at radius 3 is 2.57 bits per heavy atom. The van der Waals surface area contributed by atoms with Crippen LogP contribution in [0.4, 0.5) is 0 Å². The number of pyridine rings is 1. The number of halogens is 1. The average Bonchev–Trinajstić information content (AvgIpc) is 2.52. The topological polar surface area (TPSA) is 34.1 Å². The maximum atomic E-state index is 5.18. The summed E-state index contributed by atoms with van der Waals surface area (Å²) in [5.74, 6) is 0.907. The molecule has 0 aliphatic rings.